The van der Waals surface area contributed by atoms with E-state index in [0.717, 1.165) is 40.8 Å². The van der Waals surface area contributed by atoms with Gasteiger partial charge in [0.1, 0.15) is 12.1 Å². The number of carbonyl (C=O) groups is 2. The van der Waals surface area contributed by atoms with Gasteiger partial charge in [-0.3, -0.25) is 0 Å². The number of rotatable bonds is 10. The number of para-hydroxylation sites is 1. The van der Waals surface area contributed by atoms with E-state index in [9.17, 15) is 9.59 Å². The molecule has 1 aliphatic rings. The third-order valence-corrected chi connectivity index (χ3v) is 7.51. The van der Waals surface area contributed by atoms with Crippen LogP contribution in [0.1, 0.15) is 43.5 Å². The summed E-state index contributed by atoms with van der Waals surface area (Å²) in [6, 6.07) is 15.9. The van der Waals surface area contributed by atoms with Gasteiger partial charge >= 0.3 is 6.09 Å². The highest BCUT2D eigenvalue weighted by molar-refractivity contribution is 7.19. The van der Waals surface area contributed by atoms with Gasteiger partial charge in [0.2, 0.25) is 0 Å². The van der Waals surface area contributed by atoms with Gasteiger partial charge in [-0.2, -0.15) is 5.26 Å². The van der Waals surface area contributed by atoms with Gasteiger partial charge in [0.25, 0.3) is 0 Å². The summed E-state index contributed by atoms with van der Waals surface area (Å²) in [6.07, 6.45) is 3.36. The number of nitriles is 1. The number of carbonyl (C=O) groups excluding carboxylic acids is 2. The second-order valence-corrected chi connectivity index (χ2v) is 10.2. The molecule has 1 aliphatic carbocycles. The van der Waals surface area contributed by atoms with Crippen molar-refractivity contribution in [1.82, 2.24) is 14.9 Å². The summed E-state index contributed by atoms with van der Waals surface area (Å²) in [4.78, 5) is 28.2. The number of aldehydes is 1. The smallest absolute Gasteiger partial charge is 0.407 e. The van der Waals surface area contributed by atoms with Crippen molar-refractivity contribution in [3.8, 4) is 6.07 Å². The van der Waals surface area contributed by atoms with E-state index in [1.165, 1.54) is 7.11 Å². The third kappa shape index (κ3) is 5.33. The maximum atomic E-state index is 11.7. The second-order valence-electron chi connectivity index (χ2n) is 9.11. The summed E-state index contributed by atoms with van der Waals surface area (Å²) >= 11 is 6.21. The predicted octanol–water partition coefficient (Wildman–Crippen LogP) is 5.14. The van der Waals surface area contributed by atoms with Gasteiger partial charge < -0.3 is 24.1 Å². The first-order valence-corrected chi connectivity index (χ1v) is 12.7. The highest BCUT2D eigenvalue weighted by Gasteiger charge is 2.47. The predicted molar refractivity (Wildman–Crippen MR) is 143 cm³/mol. The van der Waals surface area contributed by atoms with Crippen molar-refractivity contribution < 1.29 is 14.3 Å². The van der Waals surface area contributed by atoms with Gasteiger partial charge in [-0.15, -0.1) is 0 Å². The van der Waals surface area contributed by atoms with Crippen LogP contribution in [0.3, 0.4) is 0 Å². The monoisotopic (exact) mass is 525 g/mol. The molecule has 1 unspecified atom stereocenters. The van der Waals surface area contributed by atoms with E-state index in [-0.39, 0.29) is 11.5 Å². The lowest BCUT2D eigenvalue weighted by molar-refractivity contribution is -0.109. The quantitative estimate of drug-likeness (QED) is 0.223. The molecular formula is C26H29ClN5O3P. The molecule has 1 amide bonds. The number of amides is 1. The molecule has 36 heavy (non-hydrogen) atoms. The minimum Gasteiger partial charge on any atom is -0.453 e. The SMILES string of the molecule is COC(=O)NC1CC(CC=O)(c2ccccc2N(P)Cc2nc3cc(Cl)ccc3n2CCCC#N)C1. The number of hydrogen-bond acceptors (Lipinski definition) is 6. The van der Waals surface area contributed by atoms with Crippen LogP contribution in [0.25, 0.3) is 11.0 Å². The molecule has 1 fully saturated rings. The van der Waals surface area contributed by atoms with Crippen LogP contribution in [0.5, 0.6) is 0 Å². The molecule has 0 aliphatic heterocycles. The van der Waals surface area contributed by atoms with Crippen LogP contribution in [-0.2, 0) is 28.0 Å². The molecule has 1 N–H and O–H groups in total. The average molecular weight is 526 g/mol. The number of imidazole rings is 1. The number of unbranched alkanes of at least 4 members (excludes halogenated alkanes) is 1. The summed E-state index contributed by atoms with van der Waals surface area (Å²) in [7, 11) is 4.13. The lowest BCUT2D eigenvalue weighted by atomic mass is 9.59. The van der Waals surface area contributed by atoms with Gasteiger partial charge in [-0.25, -0.2) is 9.78 Å². The summed E-state index contributed by atoms with van der Waals surface area (Å²) in [5.41, 5.74) is 3.47. The molecule has 0 bridgehead atoms. The average Bonchev–Trinajstić information content (AvgIpc) is 3.18. The molecule has 3 aromatic rings. The zero-order valence-electron chi connectivity index (χ0n) is 20.1. The number of alkyl carbamates (subject to hydrolysis) is 1. The normalized spacial score (nSPS) is 18.8. The second kappa shape index (κ2) is 11.3. The summed E-state index contributed by atoms with van der Waals surface area (Å²) in [6.45, 7) is 1.18. The van der Waals surface area contributed by atoms with E-state index in [2.05, 4.69) is 36.1 Å². The van der Waals surface area contributed by atoms with Crippen LogP contribution in [0, 0.1) is 11.3 Å². The van der Waals surface area contributed by atoms with Crippen LogP contribution < -0.4 is 9.99 Å². The number of aromatic nitrogens is 2. The topological polar surface area (TPSA) is 100 Å². The lowest BCUT2D eigenvalue weighted by Gasteiger charge is -2.48. The molecule has 10 heteroatoms. The molecule has 1 aromatic heterocycles. The summed E-state index contributed by atoms with van der Waals surface area (Å²) in [5.74, 6) is 0.860. The lowest BCUT2D eigenvalue weighted by Crippen LogP contribution is -2.53. The zero-order chi connectivity index (χ0) is 25.7. The van der Waals surface area contributed by atoms with E-state index >= 15 is 0 Å². The summed E-state index contributed by atoms with van der Waals surface area (Å²) < 4.78 is 8.94. The fourth-order valence-electron chi connectivity index (χ4n) is 5.12. The van der Waals surface area contributed by atoms with Gasteiger partial charge in [0, 0.05) is 41.6 Å². The van der Waals surface area contributed by atoms with Crippen LogP contribution >= 0.6 is 21.0 Å². The highest BCUT2D eigenvalue weighted by atomic mass is 35.5. The molecule has 1 atom stereocenters. The minimum absolute atomic E-state index is 0.0440. The molecule has 1 heterocycles. The Kier molecular flexibility index (Phi) is 8.13. The van der Waals surface area contributed by atoms with Crippen LogP contribution in [-0.4, -0.2) is 35.1 Å². The third-order valence-electron chi connectivity index (χ3n) is 6.81. The Labute approximate surface area is 217 Å². The van der Waals surface area contributed by atoms with Gasteiger partial charge in [-0.05, 0) is 58.5 Å². The van der Waals surface area contributed by atoms with Crippen molar-refractivity contribution in [1.29, 1.82) is 5.26 Å². The maximum absolute atomic E-state index is 11.7. The van der Waals surface area contributed by atoms with Crippen molar-refractivity contribution in [2.45, 2.75) is 56.7 Å². The number of benzene rings is 2. The molecule has 2 aromatic carbocycles. The van der Waals surface area contributed by atoms with Crippen LogP contribution in [0.15, 0.2) is 42.5 Å². The van der Waals surface area contributed by atoms with Crippen molar-refractivity contribution in [2.24, 2.45) is 0 Å². The number of methoxy groups -OCH3 is 1. The standard InChI is InChI=1S/C26H29ClN5O3P/c1-35-25(34)29-19-15-26(16-19,10-13-33)20-6-2-3-7-22(20)32(36)17-24-30-21-14-18(27)8-9-23(21)31(24)12-5-4-11-28/h2-3,6-9,13-14,19H,4-5,10,12,15-17,36H2,1H3,(H,29,34). The first-order chi connectivity index (χ1) is 17.4. The summed E-state index contributed by atoms with van der Waals surface area (Å²) in [5, 5.41) is 12.5. The number of halogens is 1. The minimum atomic E-state index is -0.462. The Hall–Kier alpha value is -3.14. The molecule has 188 valence electrons. The molecule has 4 rings (SSSR count). The van der Waals surface area contributed by atoms with E-state index in [0.29, 0.717) is 43.8 Å². The number of hydrogen-bond donors (Lipinski definition) is 1. The molecule has 0 saturated heterocycles. The number of anilines is 1. The van der Waals surface area contributed by atoms with E-state index < -0.39 is 6.09 Å². The first kappa shape index (κ1) is 25.9. The number of fused-ring (bicyclic) bond motifs is 1. The maximum Gasteiger partial charge on any atom is 0.407 e. The number of aryl methyl sites for hydroxylation is 1. The molecule has 0 radical (unpaired) electrons. The molecule has 8 nitrogen and oxygen atoms in total. The molecular weight excluding hydrogens is 497 g/mol. The zero-order valence-corrected chi connectivity index (χ0v) is 22.0. The van der Waals surface area contributed by atoms with E-state index in [1.54, 1.807) is 0 Å². The van der Waals surface area contributed by atoms with E-state index in [1.807, 2.05) is 36.4 Å². The fraction of sp³-hybridized carbons (Fsp3) is 0.385. The largest absolute Gasteiger partial charge is 0.453 e. The van der Waals surface area contributed by atoms with Crippen molar-refractivity contribution >= 4 is 50.1 Å². The number of ether oxygens (including phenoxy) is 1. The Morgan fingerprint density at radius 2 is 2.17 bits per heavy atom. The Bertz CT molecular complexity index is 1300. The fourth-order valence-corrected chi connectivity index (χ4v) is 5.67. The van der Waals surface area contributed by atoms with Crippen molar-refractivity contribution in [2.75, 3.05) is 11.8 Å². The number of nitrogens with one attached hydrogen (secondary N) is 1. The van der Waals surface area contributed by atoms with Gasteiger partial charge in [0.15, 0.2) is 0 Å². The Morgan fingerprint density at radius 1 is 1.39 bits per heavy atom. The van der Waals surface area contributed by atoms with Crippen LogP contribution in [0.2, 0.25) is 5.02 Å². The molecule has 0 spiro atoms. The van der Waals surface area contributed by atoms with Crippen LogP contribution in [0.4, 0.5) is 10.5 Å². The Balaban J connectivity index is 1.63. The first-order valence-electron chi connectivity index (χ1n) is 11.8. The van der Waals surface area contributed by atoms with E-state index in [4.69, 9.17) is 26.6 Å². The van der Waals surface area contributed by atoms with Crippen molar-refractivity contribution in [3.05, 3.63) is 58.9 Å². The number of nitrogens with zero attached hydrogens (tertiary/aromatic N) is 4. The highest BCUT2D eigenvalue weighted by Crippen LogP contribution is 2.50. The Morgan fingerprint density at radius 3 is 2.89 bits per heavy atom. The van der Waals surface area contributed by atoms with Crippen molar-refractivity contribution in [3.63, 3.8) is 0 Å². The van der Waals surface area contributed by atoms with Gasteiger partial charge in [-0.1, -0.05) is 29.8 Å². The molecule has 1 saturated carbocycles. The van der Waals surface area contributed by atoms with Gasteiger partial charge in [0.05, 0.1) is 30.8 Å².